The SMILES string of the molecule is COCC(CCCN)NCCc1ccc(F)cc1. The number of methoxy groups -OCH3 is 1. The molecule has 3 nitrogen and oxygen atoms in total. The van der Waals surface area contributed by atoms with Gasteiger partial charge in [-0.1, -0.05) is 12.1 Å². The molecule has 0 spiro atoms. The molecule has 0 fully saturated rings. The van der Waals surface area contributed by atoms with E-state index in [0.717, 1.165) is 31.4 Å². The molecule has 1 aromatic rings. The summed E-state index contributed by atoms with van der Waals surface area (Å²) in [7, 11) is 1.71. The Morgan fingerprint density at radius 3 is 2.67 bits per heavy atom. The van der Waals surface area contributed by atoms with E-state index < -0.39 is 0 Å². The van der Waals surface area contributed by atoms with Crippen LogP contribution in [0.25, 0.3) is 0 Å². The molecule has 0 aliphatic carbocycles. The number of ether oxygens (including phenoxy) is 1. The van der Waals surface area contributed by atoms with E-state index in [4.69, 9.17) is 10.5 Å². The first-order valence-corrected chi connectivity index (χ1v) is 6.43. The second-order valence-corrected chi connectivity index (χ2v) is 4.41. The lowest BCUT2D eigenvalue weighted by Gasteiger charge is -2.17. The smallest absolute Gasteiger partial charge is 0.123 e. The second kappa shape index (κ2) is 9.03. The Morgan fingerprint density at radius 2 is 2.06 bits per heavy atom. The Balaban J connectivity index is 2.26. The highest BCUT2D eigenvalue weighted by Gasteiger charge is 2.06. The number of hydrogen-bond acceptors (Lipinski definition) is 3. The first-order valence-electron chi connectivity index (χ1n) is 6.43. The lowest BCUT2D eigenvalue weighted by Crippen LogP contribution is -2.35. The summed E-state index contributed by atoms with van der Waals surface area (Å²) in [5.74, 6) is -0.188. The molecule has 0 radical (unpaired) electrons. The predicted octanol–water partition coefficient (Wildman–Crippen LogP) is 1.71. The average molecular weight is 254 g/mol. The summed E-state index contributed by atoms with van der Waals surface area (Å²) in [6.07, 6.45) is 2.91. The van der Waals surface area contributed by atoms with Gasteiger partial charge in [0, 0.05) is 13.2 Å². The molecular weight excluding hydrogens is 231 g/mol. The van der Waals surface area contributed by atoms with Crippen LogP contribution in [0.3, 0.4) is 0 Å². The Hall–Kier alpha value is -0.970. The average Bonchev–Trinajstić information content (AvgIpc) is 2.38. The Morgan fingerprint density at radius 1 is 1.33 bits per heavy atom. The van der Waals surface area contributed by atoms with Gasteiger partial charge < -0.3 is 15.8 Å². The molecule has 4 heteroatoms. The number of halogens is 1. The van der Waals surface area contributed by atoms with Gasteiger partial charge in [-0.2, -0.15) is 0 Å². The summed E-state index contributed by atoms with van der Waals surface area (Å²) in [6, 6.07) is 6.98. The van der Waals surface area contributed by atoms with Crippen molar-refractivity contribution in [2.45, 2.75) is 25.3 Å². The van der Waals surface area contributed by atoms with Crippen LogP contribution in [0, 0.1) is 5.82 Å². The molecule has 0 saturated heterocycles. The van der Waals surface area contributed by atoms with Gasteiger partial charge in [0.15, 0.2) is 0 Å². The van der Waals surface area contributed by atoms with Crippen molar-refractivity contribution in [2.75, 3.05) is 26.8 Å². The number of nitrogens with two attached hydrogens (primary N) is 1. The highest BCUT2D eigenvalue weighted by Crippen LogP contribution is 2.03. The Bertz CT molecular complexity index is 316. The van der Waals surface area contributed by atoms with Gasteiger partial charge in [0.1, 0.15) is 5.82 Å². The summed E-state index contributed by atoms with van der Waals surface area (Å²) < 4.78 is 17.9. The molecule has 0 amide bonds. The van der Waals surface area contributed by atoms with Crippen molar-refractivity contribution in [3.8, 4) is 0 Å². The van der Waals surface area contributed by atoms with E-state index in [1.54, 1.807) is 7.11 Å². The lowest BCUT2D eigenvalue weighted by molar-refractivity contribution is 0.162. The van der Waals surface area contributed by atoms with Crippen LogP contribution in [0.5, 0.6) is 0 Å². The van der Waals surface area contributed by atoms with Crippen LogP contribution in [0.4, 0.5) is 4.39 Å². The third-order valence-corrected chi connectivity index (χ3v) is 2.88. The summed E-state index contributed by atoms with van der Waals surface area (Å²) in [6.45, 7) is 2.27. The fourth-order valence-corrected chi connectivity index (χ4v) is 1.88. The third kappa shape index (κ3) is 6.10. The number of nitrogens with one attached hydrogen (secondary N) is 1. The first-order chi connectivity index (χ1) is 8.76. The van der Waals surface area contributed by atoms with Gasteiger partial charge in [-0.25, -0.2) is 4.39 Å². The van der Waals surface area contributed by atoms with E-state index >= 15 is 0 Å². The minimum Gasteiger partial charge on any atom is -0.383 e. The number of rotatable bonds is 9. The fourth-order valence-electron chi connectivity index (χ4n) is 1.88. The van der Waals surface area contributed by atoms with Crippen LogP contribution in [-0.4, -0.2) is 32.8 Å². The standard InChI is InChI=1S/C14H23FN2O/c1-18-11-14(3-2-9-16)17-10-8-12-4-6-13(15)7-5-12/h4-7,14,17H,2-3,8-11,16H2,1H3. The molecule has 0 aliphatic rings. The van der Waals surface area contributed by atoms with E-state index in [0.29, 0.717) is 19.2 Å². The van der Waals surface area contributed by atoms with Gasteiger partial charge in [-0.05, 0) is 50.0 Å². The van der Waals surface area contributed by atoms with Crippen LogP contribution in [0.1, 0.15) is 18.4 Å². The summed E-state index contributed by atoms with van der Waals surface area (Å²) in [5, 5.41) is 3.44. The van der Waals surface area contributed by atoms with E-state index in [2.05, 4.69) is 5.32 Å². The first kappa shape index (κ1) is 15.1. The van der Waals surface area contributed by atoms with Crippen molar-refractivity contribution in [1.82, 2.24) is 5.32 Å². The molecule has 3 N–H and O–H groups in total. The highest BCUT2D eigenvalue weighted by atomic mass is 19.1. The van der Waals surface area contributed by atoms with Crippen molar-refractivity contribution in [3.63, 3.8) is 0 Å². The van der Waals surface area contributed by atoms with E-state index in [-0.39, 0.29) is 5.82 Å². The van der Waals surface area contributed by atoms with Crippen LogP contribution < -0.4 is 11.1 Å². The molecule has 0 heterocycles. The van der Waals surface area contributed by atoms with Gasteiger partial charge in [-0.15, -0.1) is 0 Å². The maximum atomic E-state index is 12.7. The monoisotopic (exact) mass is 254 g/mol. The van der Waals surface area contributed by atoms with Gasteiger partial charge >= 0.3 is 0 Å². The van der Waals surface area contributed by atoms with Crippen LogP contribution in [0.15, 0.2) is 24.3 Å². The molecule has 1 rings (SSSR count). The molecule has 0 saturated carbocycles. The molecule has 1 atom stereocenters. The van der Waals surface area contributed by atoms with E-state index in [9.17, 15) is 4.39 Å². The molecule has 1 unspecified atom stereocenters. The van der Waals surface area contributed by atoms with Gasteiger partial charge in [0.25, 0.3) is 0 Å². The quantitative estimate of drug-likeness (QED) is 0.705. The largest absolute Gasteiger partial charge is 0.383 e. The van der Waals surface area contributed by atoms with Crippen molar-refractivity contribution >= 4 is 0 Å². The van der Waals surface area contributed by atoms with Gasteiger partial charge in [0.2, 0.25) is 0 Å². The molecule has 0 aromatic heterocycles. The minimum absolute atomic E-state index is 0.188. The van der Waals surface area contributed by atoms with Crippen LogP contribution >= 0.6 is 0 Å². The van der Waals surface area contributed by atoms with E-state index in [1.165, 1.54) is 12.1 Å². The normalized spacial score (nSPS) is 12.6. The lowest BCUT2D eigenvalue weighted by atomic mass is 10.1. The van der Waals surface area contributed by atoms with Crippen molar-refractivity contribution in [1.29, 1.82) is 0 Å². The molecule has 0 aliphatic heterocycles. The van der Waals surface area contributed by atoms with Crippen LogP contribution in [-0.2, 0) is 11.2 Å². The zero-order valence-electron chi connectivity index (χ0n) is 11.0. The van der Waals surface area contributed by atoms with Crippen molar-refractivity contribution in [2.24, 2.45) is 5.73 Å². The molecule has 18 heavy (non-hydrogen) atoms. The number of hydrogen-bond donors (Lipinski definition) is 2. The zero-order chi connectivity index (χ0) is 13.2. The topological polar surface area (TPSA) is 47.3 Å². The number of benzene rings is 1. The van der Waals surface area contributed by atoms with E-state index in [1.807, 2.05) is 12.1 Å². The van der Waals surface area contributed by atoms with Gasteiger partial charge in [-0.3, -0.25) is 0 Å². The van der Waals surface area contributed by atoms with Crippen molar-refractivity contribution in [3.05, 3.63) is 35.6 Å². The fraction of sp³-hybridized carbons (Fsp3) is 0.571. The molecular formula is C14H23FN2O. The van der Waals surface area contributed by atoms with Crippen molar-refractivity contribution < 1.29 is 9.13 Å². The summed E-state index contributed by atoms with van der Waals surface area (Å²) >= 11 is 0. The summed E-state index contributed by atoms with van der Waals surface area (Å²) in [5.41, 5.74) is 6.64. The zero-order valence-corrected chi connectivity index (χ0v) is 11.0. The second-order valence-electron chi connectivity index (χ2n) is 4.41. The molecule has 102 valence electrons. The van der Waals surface area contributed by atoms with Gasteiger partial charge in [0.05, 0.1) is 6.61 Å². The maximum absolute atomic E-state index is 12.7. The molecule has 0 bridgehead atoms. The molecule has 1 aromatic carbocycles. The summed E-state index contributed by atoms with van der Waals surface area (Å²) in [4.78, 5) is 0. The predicted molar refractivity (Wildman–Crippen MR) is 72.1 cm³/mol. The van der Waals surface area contributed by atoms with Crippen LogP contribution in [0.2, 0.25) is 0 Å². The maximum Gasteiger partial charge on any atom is 0.123 e. The minimum atomic E-state index is -0.188. The third-order valence-electron chi connectivity index (χ3n) is 2.88. The highest BCUT2D eigenvalue weighted by molar-refractivity contribution is 5.16. The Labute approximate surface area is 109 Å². The Kier molecular flexibility index (Phi) is 7.57.